The highest BCUT2D eigenvalue weighted by Gasteiger charge is 2.38. The van der Waals surface area contributed by atoms with E-state index in [1.807, 2.05) is 6.92 Å². The Bertz CT molecular complexity index is 190. The van der Waals surface area contributed by atoms with Crippen molar-refractivity contribution in [1.82, 2.24) is 4.90 Å². The lowest BCUT2D eigenvalue weighted by Gasteiger charge is -2.26. The van der Waals surface area contributed by atoms with Gasteiger partial charge in [0, 0.05) is 18.6 Å². The molecule has 90 valence electrons. The molecule has 0 aliphatic heterocycles. The summed E-state index contributed by atoms with van der Waals surface area (Å²) in [6.45, 7) is 1.55. The van der Waals surface area contributed by atoms with Gasteiger partial charge in [-0.1, -0.05) is 13.3 Å². The first-order chi connectivity index (χ1) is 6.92. The molecule has 1 aliphatic rings. The van der Waals surface area contributed by atoms with Gasteiger partial charge in [-0.2, -0.15) is 13.2 Å². The van der Waals surface area contributed by atoms with Crippen molar-refractivity contribution < 1.29 is 13.2 Å². The highest BCUT2D eigenvalue weighted by atomic mass is 19.4. The van der Waals surface area contributed by atoms with Crippen LogP contribution >= 0.6 is 0 Å². The van der Waals surface area contributed by atoms with E-state index in [4.69, 9.17) is 5.73 Å². The maximum atomic E-state index is 12.2. The Kier molecular flexibility index (Phi) is 4.40. The summed E-state index contributed by atoms with van der Waals surface area (Å²) in [7, 11) is 0. The number of nitrogens with zero attached hydrogens (tertiary/aromatic N) is 1. The first kappa shape index (κ1) is 12.8. The molecule has 0 aromatic rings. The first-order valence-electron chi connectivity index (χ1n) is 5.48. The zero-order chi connectivity index (χ0) is 11.5. The van der Waals surface area contributed by atoms with Crippen molar-refractivity contribution in [2.24, 2.45) is 5.73 Å². The lowest BCUT2D eigenvalue weighted by molar-refractivity contribution is -0.147. The SMILES string of the molecule is CCCC(N)CN(CC(F)(F)F)C1CC1. The molecular formula is C10H19F3N2. The monoisotopic (exact) mass is 224 g/mol. The van der Waals surface area contributed by atoms with E-state index in [1.165, 1.54) is 4.90 Å². The van der Waals surface area contributed by atoms with E-state index in [9.17, 15) is 13.2 Å². The van der Waals surface area contributed by atoms with Crippen LogP contribution in [0.2, 0.25) is 0 Å². The molecule has 2 nitrogen and oxygen atoms in total. The molecule has 1 aliphatic carbocycles. The van der Waals surface area contributed by atoms with Crippen LogP contribution in [0.1, 0.15) is 32.6 Å². The predicted molar refractivity (Wildman–Crippen MR) is 53.5 cm³/mol. The van der Waals surface area contributed by atoms with Crippen molar-refractivity contribution in [3.63, 3.8) is 0 Å². The van der Waals surface area contributed by atoms with Gasteiger partial charge >= 0.3 is 6.18 Å². The van der Waals surface area contributed by atoms with Gasteiger partial charge in [0.2, 0.25) is 0 Å². The lowest BCUT2D eigenvalue weighted by Crippen LogP contribution is -2.43. The van der Waals surface area contributed by atoms with Crippen molar-refractivity contribution >= 4 is 0 Å². The van der Waals surface area contributed by atoms with Crippen LogP contribution < -0.4 is 5.73 Å². The Labute approximate surface area is 88.6 Å². The predicted octanol–water partition coefficient (Wildman–Crippen LogP) is 2.14. The highest BCUT2D eigenvalue weighted by Crippen LogP contribution is 2.30. The molecule has 1 saturated carbocycles. The second-order valence-corrected chi connectivity index (χ2v) is 4.32. The minimum absolute atomic E-state index is 0.120. The molecule has 0 radical (unpaired) electrons. The summed E-state index contributed by atoms with van der Waals surface area (Å²) in [6, 6.07) is -0.00696. The number of hydrogen-bond acceptors (Lipinski definition) is 2. The minimum Gasteiger partial charge on any atom is -0.327 e. The Balaban J connectivity index is 2.37. The van der Waals surface area contributed by atoms with Crippen molar-refractivity contribution in [2.75, 3.05) is 13.1 Å². The molecule has 5 heteroatoms. The smallest absolute Gasteiger partial charge is 0.327 e. The molecule has 1 rings (SSSR count). The quantitative estimate of drug-likeness (QED) is 0.749. The van der Waals surface area contributed by atoms with Crippen LogP contribution in [0.15, 0.2) is 0 Å². The Morgan fingerprint density at radius 3 is 2.40 bits per heavy atom. The fraction of sp³-hybridized carbons (Fsp3) is 1.00. The second kappa shape index (κ2) is 5.16. The molecule has 0 amide bonds. The van der Waals surface area contributed by atoms with Crippen LogP contribution in [-0.4, -0.2) is 36.2 Å². The molecule has 1 atom stereocenters. The van der Waals surface area contributed by atoms with Crippen LogP contribution in [-0.2, 0) is 0 Å². The average Bonchev–Trinajstić information content (AvgIpc) is 2.82. The van der Waals surface area contributed by atoms with Crippen LogP contribution in [0.4, 0.5) is 13.2 Å². The van der Waals surface area contributed by atoms with Crippen LogP contribution in [0.5, 0.6) is 0 Å². The zero-order valence-corrected chi connectivity index (χ0v) is 9.06. The topological polar surface area (TPSA) is 29.3 Å². The van der Waals surface area contributed by atoms with E-state index < -0.39 is 12.7 Å². The normalized spacial score (nSPS) is 19.6. The number of hydrogen-bond donors (Lipinski definition) is 1. The number of alkyl halides is 3. The van der Waals surface area contributed by atoms with E-state index in [1.54, 1.807) is 0 Å². The number of nitrogens with two attached hydrogens (primary N) is 1. The summed E-state index contributed by atoms with van der Waals surface area (Å²) in [5.74, 6) is 0. The molecule has 2 N–H and O–H groups in total. The van der Waals surface area contributed by atoms with Gasteiger partial charge in [-0.05, 0) is 19.3 Å². The van der Waals surface area contributed by atoms with E-state index in [0.717, 1.165) is 25.7 Å². The Morgan fingerprint density at radius 2 is 2.00 bits per heavy atom. The van der Waals surface area contributed by atoms with E-state index in [2.05, 4.69) is 0 Å². The molecule has 0 spiro atoms. The minimum atomic E-state index is -4.10. The lowest BCUT2D eigenvalue weighted by atomic mass is 10.1. The van der Waals surface area contributed by atoms with Gasteiger partial charge in [-0.3, -0.25) is 4.90 Å². The van der Waals surface area contributed by atoms with E-state index >= 15 is 0 Å². The molecular weight excluding hydrogens is 205 g/mol. The molecule has 1 unspecified atom stereocenters. The van der Waals surface area contributed by atoms with Gasteiger partial charge in [0.05, 0.1) is 6.54 Å². The molecule has 0 heterocycles. The van der Waals surface area contributed by atoms with Crippen molar-refractivity contribution in [1.29, 1.82) is 0 Å². The fourth-order valence-corrected chi connectivity index (χ4v) is 1.78. The summed E-state index contributed by atoms with van der Waals surface area (Å²) >= 11 is 0. The number of rotatable bonds is 6. The van der Waals surface area contributed by atoms with Gasteiger partial charge in [0.1, 0.15) is 0 Å². The third kappa shape index (κ3) is 5.37. The zero-order valence-electron chi connectivity index (χ0n) is 9.06. The average molecular weight is 224 g/mol. The van der Waals surface area contributed by atoms with Crippen molar-refractivity contribution in [3.8, 4) is 0 Å². The number of halogens is 3. The fourth-order valence-electron chi connectivity index (χ4n) is 1.78. The van der Waals surface area contributed by atoms with Gasteiger partial charge in [0.25, 0.3) is 0 Å². The van der Waals surface area contributed by atoms with Gasteiger partial charge < -0.3 is 5.73 Å². The molecule has 0 bridgehead atoms. The van der Waals surface area contributed by atoms with Gasteiger partial charge in [-0.25, -0.2) is 0 Å². The molecule has 1 fully saturated rings. The van der Waals surface area contributed by atoms with Crippen molar-refractivity contribution in [2.45, 2.75) is 50.9 Å². The van der Waals surface area contributed by atoms with Gasteiger partial charge in [-0.15, -0.1) is 0 Å². The van der Waals surface area contributed by atoms with Crippen LogP contribution in [0.25, 0.3) is 0 Å². The molecule has 0 aromatic heterocycles. The van der Waals surface area contributed by atoms with Crippen molar-refractivity contribution in [3.05, 3.63) is 0 Å². The maximum Gasteiger partial charge on any atom is 0.401 e. The summed E-state index contributed by atoms with van der Waals surface area (Å²) in [5.41, 5.74) is 5.76. The van der Waals surface area contributed by atoms with Gasteiger partial charge in [0.15, 0.2) is 0 Å². The Hall–Kier alpha value is -0.290. The largest absolute Gasteiger partial charge is 0.401 e. The van der Waals surface area contributed by atoms with E-state index in [-0.39, 0.29) is 12.1 Å². The summed E-state index contributed by atoms with van der Waals surface area (Å²) in [4.78, 5) is 1.49. The summed E-state index contributed by atoms with van der Waals surface area (Å²) < 4.78 is 36.7. The van der Waals surface area contributed by atoms with E-state index in [0.29, 0.717) is 6.54 Å². The third-order valence-corrected chi connectivity index (χ3v) is 2.57. The standard InChI is InChI=1S/C10H19F3N2/c1-2-3-8(14)6-15(9-4-5-9)7-10(11,12)13/h8-9H,2-7,14H2,1H3. The molecule has 0 saturated heterocycles. The summed E-state index contributed by atoms with van der Waals surface area (Å²) in [6.07, 6.45) is -0.620. The molecule has 15 heavy (non-hydrogen) atoms. The second-order valence-electron chi connectivity index (χ2n) is 4.32. The first-order valence-corrected chi connectivity index (χ1v) is 5.48. The molecule has 0 aromatic carbocycles. The third-order valence-electron chi connectivity index (χ3n) is 2.57. The van der Waals surface area contributed by atoms with Crippen LogP contribution in [0, 0.1) is 0 Å². The Morgan fingerprint density at radius 1 is 1.40 bits per heavy atom. The maximum absolute atomic E-state index is 12.2. The van der Waals surface area contributed by atoms with Crippen LogP contribution in [0.3, 0.4) is 0 Å². The summed E-state index contributed by atoms with van der Waals surface area (Å²) in [5, 5.41) is 0. The highest BCUT2D eigenvalue weighted by molar-refractivity contribution is 4.87.